The highest BCUT2D eigenvalue weighted by atomic mass is 79.9. The number of benzene rings is 2. The largest absolute Gasteiger partial charge is 0.292 e. The van der Waals surface area contributed by atoms with Crippen LogP contribution in [0.15, 0.2) is 64.1 Å². The molecule has 0 fully saturated rings. The molecule has 0 amide bonds. The minimum Gasteiger partial charge on any atom is -0.292 e. The van der Waals surface area contributed by atoms with E-state index in [9.17, 15) is 9.59 Å². The zero-order valence-electron chi connectivity index (χ0n) is 11.0. The number of aromatic nitrogens is 2. The van der Waals surface area contributed by atoms with E-state index in [1.807, 2.05) is 12.1 Å². The summed E-state index contributed by atoms with van der Waals surface area (Å²) in [5, 5.41) is 0.493. The maximum absolute atomic E-state index is 12.4. The molecular weight excluding hydrogens is 332 g/mol. The van der Waals surface area contributed by atoms with Gasteiger partial charge in [0.1, 0.15) is 0 Å². The van der Waals surface area contributed by atoms with Gasteiger partial charge in [-0.25, -0.2) is 4.98 Å². The summed E-state index contributed by atoms with van der Waals surface area (Å²) in [4.78, 5) is 28.8. The van der Waals surface area contributed by atoms with Crippen molar-refractivity contribution in [3.63, 3.8) is 0 Å². The van der Waals surface area contributed by atoms with Gasteiger partial charge in [0, 0.05) is 10.0 Å². The first-order valence-electron chi connectivity index (χ1n) is 6.38. The van der Waals surface area contributed by atoms with Crippen molar-refractivity contribution in [3.8, 4) is 0 Å². The SMILES string of the molecule is O=C(Cn1cnc2ccc(Br)cc2c1=O)c1ccccc1. The van der Waals surface area contributed by atoms with Gasteiger partial charge in [0.15, 0.2) is 5.78 Å². The summed E-state index contributed by atoms with van der Waals surface area (Å²) >= 11 is 3.34. The van der Waals surface area contributed by atoms with Crippen molar-refractivity contribution in [3.05, 3.63) is 75.2 Å². The quantitative estimate of drug-likeness (QED) is 0.687. The Hall–Kier alpha value is -2.27. The van der Waals surface area contributed by atoms with E-state index in [-0.39, 0.29) is 17.9 Å². The van der Waals surface area contributed by atoms with E-state index in [0.717, 1.165) is 4.47 Å². The maximum Gasteiger partial charge on any atom is 0.261 e. The number of ketones is 1. The zero-order valence-corrected chi connectivity index (χ0v) is 12.6. The Morgan fingerprint density at radius 2 is 1.90 bits per heavy atom. The van der Waals surface area contributed by atoms with Gasteiger partial charge >= 0.3 is 0 Å². The molecule has 0 aliphatic carbocycles. The molecule has 104 valence electrons. The molecule has 21 heavy (non-hydrogen) atoms. The minimum absolute atomic E-state index is 0.0156. The molecule has 1 heterocycles. The average molecular weight is 343 g/mol. The second-order valence-corrected chi connectivity index (χ2v) is 5.54. The van der Waals surface area contributed by atoms with E-state index >= 15 is 0 Å². The predicted octanol–water partition coefficient (Wildman–Crippen LogP) is 3.04. The average Bonchev–Trinajstić information content (AvgIpc) is 2.51. The lowest BCUT2D eigenvalue weighted by Crippen LogP contribution is -2.24. The van der Waals surface area contributed by atoms with Crippen molar-refractivity contribution in [2.75, 3.05) is 0 Å². The molecule has 3 aromatic rings. The summed E-state index contributed by atoms with van der Waals surface area (Å²) in [7, 11) is 0. The molecule has 0 atom stereocenters. The fraction of sp³-hybridized carbons (Fsp3) is 0.0625. The van der Waals surface area contributed by atoms with Crippen LogP contribution in [0, 0.1) is 0 Å². The predicted molar refractivity (Wildman–Crippen MR) is 84.5 cm³/mol. The number of Topliss-reactive ketones (excluding diaryl/α,β-unsaturated/α-hetero) is 1. The minimum atomic E-state index is -0.217. The molecule has 2 aromatic carbocycles. The van der Waals surface area contributed by atoms with E-state index in [1.54, 1.807) is 36.4 Å². The van der Waals surface area contributed by atoms with Gasteiger partial charge in [-0.2, -0.15) is 0 Å². The van der Waals surface area contributed by atoms with Crippen LogP contribution in [0.25, 0.3) is 10.9 Å². The molecule has 0 saturated carbocycles. The van der Waals surface area contributed by atoms with Crippen molar-refractivity contribution < 1.29 is 4.79 Å². The van der Waals surface area contributed by atoms with Crippen LogP contribution in [0.5, 0.6) is 0 Å². The highest BCUT2D eigenvalue weighted by Gasteiger charge is 2.10. The molecule has 0 unspecified atom stereocenters. The van der Waals surface area contributed by atoms with Crippen molar-refractivity contribution in [2.45, 2.75) is 6.54 Å². The number of carbonyl (C=O) groups excluding carboxylic acids is 1. The zero-order chi connectivity index (χ0) is 14.8. The molecule has 0 radical (unpaired) electrons. The Kier molecular flexibility index (Phi) is 3.66. The van der Waals surface area contributed by atoms with Crippen LogP contribution in [-0.4, -0.2) is 15.3 Å². The standard InChI is InChI=1S/C16H11BrN2O2/c17-12-6-7-14-13(8-12)16(21)19(10-18-14)9-15(20)11-4-2-1-3-5-11/h1-8,10H,9H2. The van der Waals surface area contributed by atoms with Gasteiger partial charge in [0.2, 0.25) is 0 Å². The first-order chi connectivity index (χ1) is 10.1. The number of fused-ring (bicyclic) bond motifs is 1. The van der Waals surface area contributed by atoms with E-state index in [0.29, 0.717) is 16.5 Å². The highest BCUT2D eigenvalue weighted by molar-refractivity contribution is 9.10. The van der Waals surface area contributed by atoms with Crippen molar-refractivity contribution in [1.82, 2.24) is 9.55 Å². The van der Waals surface area contributed by atoms with Crippen LogP contribution in [0.2, 0.25) is 0 Å². The summed E-state index contributed by atoms with van der Waals surface area (Å²) in [6, 6.07) is 14.2. The fourth-order valence-corrected chi connectivity index (χ4v) is 2.47. The van der Waals surface area contributed by atoms with E-state index < -0.39 is 0 Å². The molecule has 0 aliphatic rings. The van der Waals surface area contributed by atoms with Gasteiger partial charge in [-0.05, 0) is 18.2 Å². The maximum atomic E-state index is 12.4. The number of hydrogen-bond donors (Lipinski definition) is 0. The van der Waals surface area contributed by atoms with Crippen molar-refractivity contribution >= 4 is 32.6 Å². The molecule has 0 aliphatic heterocycles. The van der Waals surface area contributed by atoms with E-state index in [2.05, 4.69) is 20.9 Å². The Morgan fingerprint density at radius 1 is 1.14 bits per heavy atom. The van der Waals surface area contributed by atoms with Crippen molar-refractivity contribution in [2.24, 2.45) is 0 Å². The molecule has 4 nitrogen and oxygen atoms in total. The summed E-state index contributed by atoms with van der Waals surface area (Å²) in [6.07, 6.45) is 1.42. The van der Waals surface area contributed by atoms with Crippen LogP contribution in [0.4, 0.5) is 0 Å². The van der Waals surface area contributed by atoms with Crippen LogP contribution in [0.1, 0.15) is 10.4 Å². The lowest BCUT2D eigenvalue weighted by atomic mass is 10.1. The van der Waals surface area contributed by atoms with Crippen LogP contribution < -0.4 is 5.56 Å². The summed E-state index contributed by atoms with van der Waals surface area (Å²) in [5.41, 5.74) is 0.982. The molecular formula is C16H11BrN2O2. The smallest absolute Gasteiger partial charge is 0.261 e. The highest BCUT2D eigenvalue weighted by Crippen LogP contribution is 2.14. The third-order valence-corrected chi connectivity index (χ3v) is 3.69. The van der Waals surface area contributed by atoms with Crippen LogP contribution >= 0.6 is 15.9 Å². The Balaban J connectivity index is 2.00. The topological polar surface area (TPSA) is 52.0 Å². The molecule has 0 bridgehead atoms. The number of halogens is 1. The van der Waals surface area contributed by atoms with Crippen LogP contribution in [0.3, 0.4) is 0 Å². The molecule has 0 saturated heterocycles. The third-order valence-electron chi connectivity index (χ3n) is 3.20. The number of hydrogen-bond acceptors (Lipinski definition) is 3. The van der Waals surface area contributed by atoms with Gasteiger partial charge in [0.25, 0.3) is 5.56 Å². The van der Waals surface area contributed by atoms with Crippen molar-refractivity contribution in [1.29, 1.82) is 0 Å². The number of carbonyl (C=O) groups is 1. The number of nitrogens with zero attached hydrogens (tertiary/aromatic N) is 2. The van der Waals surface area contributed by atoms with Gasteiger partial charge < -0.3 is 0 Å². The van der Waals surface area contributed by atoms with Gasteiger partial charge in [-0.3, -0.25) is 14.2 Å². The van der Waals surface area contributed by atoms with Crippen LogP contribution in [-0.2, 0) is 6.54 Å². The normalized spacial score (nSPS) is 10.7. The monoisotopic (exact) mass is 342 g/mol. The third kappa shape index (κ3) is 2.78. The first kappa shape index (κ1) is 13.7. The Morgan fingerprint density at radius 3 is 2.67 bits per heavy atom. The summed E-state index contributed by atoms with van der Waals surface area (Å²) < 4.78 is 2.14. The van der Waals surface area contributed by atoms with Gasteiger partial charge in [-0.1, -0.05) is 46.3 Å². The number of rotatable bonds is 3. The lowest BCUT2D eigenvalue weighted by molar-refractivity contribution is 0.0970. The van der Waals surface area contributed by atoms with Gasteiger partial charge in [0.05, 0.1) is 23.8 Å². The molecule has 1 aromatic heterocycles. The lowest BCUT2D eigenvalue weighted by Gasteiger charge is -2.06. The van der Waals surface area contributed by atoms with E-state index in [1.165, 1.54) is 10.9 Å². The second-order valence-electron chi connectivity index (χ2n) is 4.63. The first-order valence-corrected chi connectivity index (χ1v) is 7.17. The summed E-state index contributed by atoms with van der Waals surface area (Å²) in [5.74, 6) is -0.117. The van der Waals surface area contributed by atoms with Gasteiger partial charge in [-0.15, -0.1) is 0 Å². The summed E-state index contributed by atoms with van der Waals surface area (Å²) in [6.45, 7) is -0.0156. The van der Waals surface area contributed by atoms with E-state index in [4.69, 9.17) is 0 Å². The Labute approximate surface area is 129 Å². The fourth-order valence-electron chi connectivity index (χ4n) is 2.11. The second kappa shape index (κ2) is 5.61. The molecule has 5 heteroatoms. The molecule has 0 spiro atoms. The molecule has 3 rings (SSSR count). The Bertz CT molecular complexity index is 872. The molecule has 0 N–H and O–H groups in total.